The number of carbonyl (C=O) groups excluding carboxylic acids is 1. The molecular formula is C17H21N3O3. The van der Waals surface area contributed by atoms with Crippen LogP contribution in [0.4, 0.5) is 0 Å². The van der Waals surface area contributed by atoms with Gasteiger partial charge in [0.2, 0.25) is 0 Å². The largest absolute Gasteiger partial charge is 0.481 e. The molecule has 1 N–H and O–H groups in total. The molecule has 0 aliphatic carbocycles. The monoisotopic (exact) mass is 315 g/mol. The Balaban J connectivity index is 1.59. The van der Waals surface area contributed by atoms with Gasteiger partial charge >= 0.3 is 0 Å². The minimum Gasteiger partial charge on any atom is -0.481 e. The van der Waals surface area contributed by atoms with Crippen LogP contribution in [0.25, 0.3) is 0 Å². The van der Waals surface area contributed by atoms with Crippen molar-refractivity contribution in [1.29, 1.82) is 0 Å². The summed E-state index contributed by atoms with van der Waals surface area (Å²) in [7, 11) is 1.93. The maximum Gasteiger partial charge on any atom is 0.261 e. The smallest absolute Gasteiger partial charge is 0.261 e. The first-order chi connectivity index (χ1) is 11.1. The fraction of sp³-hybridized carbons (Fsp3) is 0.412. The lowest BCUT2D eigenvalue weighted by Gasteiger charge is -2.15. The third-order valence-electron chi connectivity index (χ3n) is 3.94. The lowest BCUT2D eigenvalue weighted by Crippen LogP contribution is -2.36. The molecule has 1 aromatic heterocycles. The molecule has 23 heavy (non-hydrogen) atoms. The summed E-state index contributed by atoms with van der Waals surface area (Å²) in [6.07, 6.45) is 0.300. The Hall–Kier alpha value is -2.34. The molecule has 1 aliphatic heterocycles. The quantitative estimate of drug-likeness (QED) is 0.910. The first kappa shape index (κ1) is 15.6. The van der Waals surface area contributed by atoms with E-state index in [2.05, 4.69) is 10.4 Å². The van der Waals surface area contributed by atoms with Crippen molar-refractivity contribution in [3.63, 3.8) is 0 Å². The van der Waals surface area contributed by atoms with Gasteiger partial charge in [-0.15, -0.1) is 0 Å². The van der Waals surface area contributed by atoms with E-state index in [1.54, 1.807) is 6.92 Å². The highest BCUT2D eigenvalue weighted by atomic mass is 16.5. The average molecular weight is 315 g/mol. The number of aromatic nitrogens is 2. The number of amides is 1. The minimum atomic E-state index is -0.562. The lowest BCUT2D eigenvalue weighted by molar-refractivity contribution is -0.127. The molecule has 1 aromatic carbocycles. The van der Waals surface area contributed by atoms with Crippen LogP contribution in [0.5, 0.6) is 5.75 Å². The molecule has 0 saturated carbocycles. The summed E-state index contributed by atoms with van der Waals surface area (Å²) >= 11 is 0. The minimum absolute atomic E-state index is 0.162. The highest BCUT2D eigenvalue weighted by molar-refractivity contribution is 5.80. The molecule has 0 spiro atoms. The molecule has 1 atom stereocenters. The summed E-state index contributed by atoms with van der Waals surface area (Å²) in [5.41, 5.74) is 3.15. The molecule has 2 aromatic rings. The molecule has 1 amide bonds. The van der Waals surface area contributed by atoms with Gasteiger partial charge in [0.15, 0.2) is 6.10 Å². The molecule has 2 heterocycles. The van der Waals surface area contributed by atoms with Gasteiger partial charge in [-0.25, -0.2) is 0 Å². The summed E-state index contributed by atoms with van der Waals surface area (Å²) < 4.78 is 13.0. The van der Waals surface area contributed by atoms with Gasteiger partial charge in [-0.2, -0.15) is 5.10 Å². The highest BCUT2D eigenvalue weighted by Crippen LogP contribution is 2.20. The number of para-hydroxylation sites is 1. The second-order valence-corrected chi connectivity index (χ2v) is 5.59. The number of aryl methyl sites for hydroxylation is 1. The van der Waals surface area contributed by atoms with Gasteiger partial charge in [-0.3, -0.25) is 9.48 Å². The number of carbonyl (C=O) groups is 1. The Morgan fingerprint density at radius 3 is 3.00 bits per heavy atom. The molecule has 0 radical (unpaired) electrons. The van der Waals surface area contributed by atoms with Crippen LogP contribution < -0.4 is 10.1 Å². The Bertz CT molecular complexity index is 682. The third kappa shape index (κ3) is 3.53. The van der Waals surface area contributed by atoms with Crippen LogP contribution in [-0.4, -0.2) is 28.4 Å². The van der Waals surface area contributed by atoms with Crippen LogP contribution in [0.1, 0.15) is 23.9 Å². The molecule has 3 rings (SSSR count). The van der Waals surface area contributed by atoms with Crippen LogP contribution in [0.15, 0.2) is 30.3 Å². The predicted molar refractivity (Wildman–Crippen MR) is 84.9 cm³/mol. The molecule has 1 unspecified atom stereocenters. The van der Waals surface area contributed by atoms with Gasteiger partial charge in [-0.1, -0.05) is 18.2 Å². The molecule has 0 fully saturated rings. The highest BCUT2D eigenvalue weighted by Gasteiger charge is 2.21. The molecule has 1 aliphatic rings. The van der Waals surface area contributed by atoms with Crippen molar-refractivity contribution < 1.29 is 14.3 Å². The van der Waals surface area contributed by atoms with Crippen LogP contribution in [0.3, 0.4) is 0 Å². The molecular weight excluding hydrogens is 294 g/mol. The number of ether oxygens (including phenoxy) is 2. The standard InChI is InChI=1S/C17H21N3O3/c1-12(23-13-6-4-3-5-7-13)17(21)18-10-15-14-11-22-9-8-16(14)20(2)19-15/h3-7,12H,8-11H2,1-2H3,(H,18,21). The van der Waals surface area contributed by atoms with Crippen LogP contribution >= 0.6 is 0 Å². The van der Waals surface area contributed by atoms with Gasteiger partial charge in [0, 0.05) is 24.7 Å². The Labute approximate surface area is 135 Å². The zero-order valence-electron chi connectivity index (χ0n) is 13.4. The summed E-state index contributed by atoms with van der Waals surface area (Å²) in [6.45, 7) is 3.40. The van der Waals surface area contributed by atoms with Crippen LogP contribution in [0.2, 0.25) is 0 Å². The van der Waals surface area contributed by atoms with Gasteiger partial charge < -0.3 is 14.8 Å². The number of hydrogen-bond acceptors (Lipinski definition) is 4. The van der Waals surface area contributed by atoms with Crippen LogP contribution in [-0.2, 0) is 36.2 Å². The summed E-state index contributed by atoms with van der Waals surface area (Å²) in [6, 6.07) is 9.32. The predicted octanol–water partition coefficient (Wildman–Crippen LogP) is 1.58. The van der Waals surface area contributed by atoms with E-state index in [1.165, 1.54) is 5.69 Å². The first-order valence-corrected chi connectivity index (χ1v) is 7.76. The Kier molecular flexibility index (Phi) is 4.62. The summed E-state index contributed by atoms with van der Waals surface area (Å²) in [4.78, 5) is 12.2. The Morgan fingerprint density at radius 2 is 2.22 bits per heavy atom. The molecule has 122 valence electrons. The van der Waals surface area contributed by atoms with Crippen molar-refractivity contribution in [3.05, 3.63) is 47.3 Å². The summed E-state index contributed by atoms with van der Waals surface area (Å²) in [5, 5.41) is 7.38. The number of rotatable bonds is 5. The number of nitrogens with zero attached hydrogens (tertiary/aromatic N) is 2. The molecule has 0 saturated heterocycles. The number of hydrogen-bond donors (Lipinski definition) is 1. The zero-order valence-corrected chi connectivity index (χ0v) is 13.4. The van der Waals surface area contributed by atoms with Crippen molar-refractivity contribution in [1.82, 2.24) is 15.1 Å². The van der Waals surface area contributed by atoms with Gasteiger partial charge in [0.25, 0.3) is 5.91 Å². The van der Waals surface area contributed by atoms with Crippen molar-refractivity contribution >= 4 is 5.91 Å². The third-order valence-corrected chi connectivity index (χ3v) is 3.94. The maximum atomic E-state index is 12.2. The average Bonchev–Trinajstić information content (AvgIpc) is 2.90. The summed E-state index contributed by atoms with van der Waals surface area (Å²) in [5.74, 6) is 0.517. The first-order valence-electron chi connectivity index (χ1n) is 7.76. The lowest BCUT2D eigenvalue weighted by atomic mass is 10.1. The fourth-order valence-electron chi connectivity index (χ4n) is 2.70. The fourth-order valence-corrected chi connectivity index (χ4v) is 2.70. The van der Waals surface area contributed by atoms with E-state index in [-0.39, 0.29) is 5.91 Å². The second-order valence-electron chi connectivity index (χ2n) is 5.59. The van der Waals surface area contributed by atoms with Gasteiger partial charge in [-0.05, 0) is 19.1 Å². The van der Waals surface area contributed by atoms with E-state index in [4.69, 9.17) is 9.47 Å². The van der Waals surface area contributed by atoms with E-state index >= 15 is 0 Å². The zero-order chi connectivity index (χ0) is 16.2. The van der Waals surface area contributed by atoms with Crippen molar-refractivity contribution in [3.8, 4) is 5.75 Å². The van der Waals surface area contributed by atoms with E-state index in [0.717, 1.165) is 24.3 Å². The van der Waals surface area contributed by atoms with E-state index in [1.807, 2.05) is 42.1 Å². The van der Waals surface area contributed by atoms with Crippen molar-refractivity contribution in [2.45, 2.75) is 32.6 Å². The number of nitrogens with one attached hydrogen (secondary N) is 1. The number of fused-ring (bicyclic) bond motifs is 1. The SMILES string of the molecule is CC(Oc1ccccc1)C(=O)NCc1nn(C)c2c1COCC2. The Morgan fingerprint density at radius 1 is 1.43 bits per heavy atom. The molecule has 6 nitrogen and oxygen atoms in total. The maximum absolute atomic E-state index is 12.2. The molecule has 0 bridgehead atoms. The van der Waals surface area contributed by atoms with E-state index in [0.29, 0.717) is 18.9 Å². The van der Waals surface area contributed by atoms with Crippen molar-refractivity contribution in [2.75, 3.05) is 6.61 Å². The second kappa shape index (κ2) is 6.83. The molecule has 6 heteroatoms. The normalized spacial score (nSPS) is 14.9. The van der Waals surface area contributed by atoms with Gasteiger partial charge in [0.05, 0.1) is 25.5 Å². The van der Waals surface area contributed by atoms with Gasteiger partial charge in [0.1, 0.15) is 5.75 Å². The van der Waals surface area contributed by atoms with E-state index < -0.39 is 6.10 Å². The van der Waals surface area contributed by atoms with Crippen molar-refractivity contribution in [2.24, 2.45) is 7.05 Å². The van der Waals surface area contributed by atoms with Crippen LogP contribution in [0, 0.1) is 0 Å². The number of benzene rings is 1. The van der Waals surface area contributed by atoms with E-state index in [9.17, 15) is 4.79 Å². The topological polar surface area (TPSA) is 65.4 Å².